The van der Waals surface area contributed by atoms with Gasteiger partial charge in [-0.05, 0) is 56.6 Å². The molecule has 0 radical (unpaired) electrons. The van der Waals surface area contributed by atoms with E-state index in [4.69, 9.17) is 0 Å². The fourth-order valence-corrected chi connectivity index (χ4v) is 4.19. The van der Waals surface area contributed by atoms with Crippen LogP contribution in [0.15, 0.2) is 121 Å². The van der Waals surface area contributed by atoms with Gasteiger partial charge < -0.3 is 5.11 Å². The molecule has 5 aromatic carbocycles. The minimum Gasteiger partial charge on any atom is -0.508 e. The molecular weight excluding hydrogens is 404 g/mol. The first-order chi connectivity index (χ1) is 16.2. The molecule has 0 aliphatic rings. The van der Waals surface area contributed by atoms with E-state index < -0.39 is 0 Å². The fourth-order valence-electron chi connectivity index (χ4n) is 4.19. The number of carbonyl (C=O) groups excluding carboxylic acids is 1. The predicted octanol–water partition coefficient (Wildman–Crippen LogP) is 7.87. The van der Waals surface area contributed by atoms with Crippen molar-refractivity contribution in [3.8, 4) is 50.3 Å². The molecule has 5 rings (SSSR count). The molecule has 0 aliphatic carbocycles. The van der Waals surface area contributed by atoms with Crippen LogP contribution in [0.25, 0.3) is 44.5 Å². The third-order valence-corrected chi connectivity index (χ3v) is 5.89. The van der Waals surface area contributed by atoms with Crippen molar-refractivity contribution in [2.75, 3.05) is 0 Å². The Labute approximate surface area is 193 Å². The second-order valence-electron chi connectivity index (χ2n) is 7.96. The average Bonchev–Trinajstić information content (AvgIpc) is 2.89. The van der Waals surface area contributed by atoms with E-state index in [1.165, 1.54) is 0 Å². The molecule has 0 atom stereocenters. The largest absolute Gasteiger partial charge is 0.508 e. The lowest BCUT2D eigenvalue weighted by molar-refractivity contribution is 0.112. The molecule has 158 valence electrons. The summed E-state index contributed by atoms with van der Waals surface area (Å²) in [5, 5.41) is 10.5. The number of rotatable bonds is 5. The van der Waals surface area contributed by atoms with Gasteiger partial charge in [0.15, 0.2) is 6.29 Å². The number of aromatic hydroxyl groups is 1. The van der Waals surface area contributed by atoms with E-state index >= 15 is 0 Å². The molecule has 0 spiro atoms. The zero-order valence-electron chi connectivity index (χ0n) is 18.0. The van der Waals surface area contributed by atoms with E-state index in [1.54, 1.807) is 12.1 Å². The Kier molecular flexibility index (Phi) is 5.57. The first-order valence-electron chi connectivity index (χ1n) is 10.9. The summed E-state index contributed by atoms with van der Waals surface area (Å²) in [6, 6.07) is 39.7. The van der Waals surface area contributed by atoms with Gasteiger partial charge in [-0.2, -0.15) is 0 Å². The highest BCUT2D eigenvalue weighted by atomic mass is 16.3. The minimum atomic E-state index is 0.130. The second-order valence-corrected chi connectivity index (χ2v) is 7.96. The molecule has 0 aliphatic heterocycles. The quantitative estimate of drug-likeness (QED) is 0.290. The van der Waals surface area contributed by atoms with Gasteiger partial charge >= 0.3 is 0 Å². The normalized spacial score (nSPS) is 10.7. The number of hydrogen-bond donors (Lipinski definition) is 1. The van der Waals surface area contributed by atoms with Gasteiger partial charge in [0.1, 0.15) is 5.75 Å². The van der Waals surface area contributed by atoms with Crippen molar-refractivity contribution < 1.29 is 9.90 Å². The van der Waals surface area contributed by atoms with Crippen molar-refractivity contribution in [2.24, 2.45) is 0 Å². The highest BCUT2D eigenvalue weighted by Crippen LogP contribution is 2.36. The highest BCUT2D eigenvalue weighted by molar-refractivity contribution is 5.97. The molecular formula is C31H22O2. The van der Waals surface area contributed by atoms with Gasteiger partial charge in [-0.25, -0.2) is 0 Å². The number of phenolic OH excluding ortho intramolecular Hbond substituents is 1. The van der Waals surface area contributed by atoms with Crippen LogP contribution in [0.3, 0.4) is 0 Å². The Morgan fingerprint density at radius 3 is 1.15 bits per heavy atom. The first-order valence-corrected chi connectivity index (χ1v) is 10.9. The van der Waals surface area contributed by atoms with E-state index in [1.807, 2.05) is 84.9 Å². The van der Waals surface area contributed by atoms with E-state index in [2.05, 4.69) is 24.3 Å². The van der Waals surface area contributed by atoms with Crippen molar-refractivity contribution in [1.82, 2.24) is 0 Å². The average molecular weight is 427 g/mol. The third kappa shape index (κ3) is 4.19. The van der Waals surface area contributed by atoms with Gasteiger partial charge in [0.25, 0.3) is 0 Å². The molecule has 2 nitrogen and oxygen atoms in total. The Hall–Kier alpha value is -4.43. The van der Waals surface area contributed by atoms with Crippen LogP contribution in [0.1, 0.15) is 10.4 Å². The molecule has 0 heterocycles. The molecule has 0 fully saturated rings. The molecule has 2 heteroatoms. The second kappa shape index (κ2) is 8.97. The minimum absolute atomic E-state index is 0.130. The van der Waals surface area contributed by atoms with Crippen molar-refractivity contribution in [2.45, 2.75) is 0 Å². The Morgan fingerprint density at radius 1 is 0.455 bits per heavy atom. The predicted molar refractivity (Wildman–Crippen MR) is 135 cm³/mol. The molecule has 0 bridgehead atoms. The number of benzene rings is 5. The summed E-state index contributed by atoms with van der Waals surface area (Å²) < 4.78 is 0. The summed E-state index contributed by atoms with van der Waals surface area (Å²) >= 11 is 0. The molecule has 0 unspecified atom stereocenters. The zero-order valence-corrected chi connectivity index (χ0v) is 18.0. The molecule has 0 aromatic heterocycles. The standard InChI is InChI=1S/C31H22O2/c32-21-31-29(26-15-11-24(12-16-26)22-7-3-1-4-8-22)19-28(33)20-30(31)27-17-13-25(14-18-27)23-9-5-2-6-10-23/h1-21,33H. The summed E-state index contributed by atoms with van der Waals surface area (Å²) in [6.45, 7) is 0. The van der Waals surface area contributed by atoms with Crippen LogP contribution in [0, 0.1) is 0 Å². The van der Waals surface area contributed by atoms with Gasteiger partial charge in [-0.15, -0.1) is 0 Å². The number of aldehydes is 1. The van der Waals surface area contributed by atoms with Crippen LogP contribution in [-0.2, 0) is 0 Å². The molecule has 0 amide bonds. The molecule has 5 aromatic rings. The summed E-state index contributed by atoms with van der Waals surface area (Å²) in [4.78, 5) is 12.2. The monoisotopic (exact) mass is 426 g/mol. The first kappa shape index (κ1) is 20.5. The maximum atomic E-state index is 12.2. The lowest BCUT2D eigenvalue weighted by atomic mass is 9.90. The Balaban J connectivity index is 1.54. The van der Waals surface area contributed by atoms with Crippen LogP contribution >= 0.6 is 0 Å². The lowest BCUT2D eigenvalue weighted by Crippen LogP contribution is -1.93. The summed E-state index contributed by atoms with van der Waals surface area (Å²) in [7, 11) is 0. The van der Waals surface area contributed by atoms with Crippen molar-refractivity contribution in [3.63, 3.8) is 0 Å². The van der Waals surface area contributed by atoms with Gasteiger partial charge in [0.05, 0.1) is 0 Å². The fraction of sp³-hybridized carbons (Fsp3) is 0. The number of carbonyl (C=O) groups is 1. The van der Waals surface area contributed by atoms with Crippen molar-refractivity contribution in [1.29, 1.82) is 0 Å². The van der Waals surface area contributed by atoms with Crippen LogP contribution in [0.2, 0.25) is 0 Å². The van der Waals surface area contributed by atoms with E-state index in [0.717, 1.165) is 39.7 Å². The summed E-state index contributed by atoms with van der Waals surface area (Å²) in [5.74, 6) is 0.130. The maximum Gasteiger partial charge on any atom is 0.151 e. The Morgan fingerprint density at radius 2 is 0.788 bits per heavy atom. The van der Waals surface area contributed by atoms with Gasteiger partial charge in [0, 0.05) is 5.56 Å². The van der Waals surface area contributed by atoms with Crippen molar-refractivity contribution >= 4 is 6.29 Å². The number of phenols is 1. The van der Waals surface area contributed by atoms with E-state index in [9.17, 15) is 9.90 Å². The van der Waals surface area contributed by atoms with Crippen molar-refractivity contribution in [3.05, 3.63) is 127 Å². The molecule has 33 heavy (non-hydrogen) atoms. The smallest absolute Gasteiger partial charge is 0.151 e. The maximum absolute atomic E-state index is 12.2. The van der Waals surface area contributed by atoms with Crippen LogP contribution in [0.4, 0.5) is 0 Å². The molecule has 1 N–H and O–H groups in total. The summed E-state index contributed by atoms with van der Waals surface area (Å²) in [6.07, 6.45) is 0.875. The zero-order chi connectivity index (χ0) is 22.6. The summed E-state index contributed by atoms with van der Waals surface area (Å²) in [5.41, 5.74) is 8.23. The van der Waals surface area contributed by atoms with Crippen LogP contribution < -0.4 is 0 Å². The van der Waals surface area contributed by atoms with Gasteiger partial charge in [0.2, 0.25) is 0 Å². The van der Waals surface area contributed by atoms with Gasteiger partial charge in [-0.3, -0.25) is 4.79 Å². The van der Waals surface area contributed by atoms with E-state index in [0.29, 0.717) is 16.7 Å². The molecule has 0 saturated heterocycles. The topological polar surface area (TPSA) is 37.3 Å². The van der Waals surface area contributed by atoms with Crippen LogP contribution in [0.5, 0.6) is 5.75 Å². The van der Waals surface area contributed by atoms with E-state index in [-0.39, 0.29) is 5.75 Å². The lowest BCUT2D eigenvalue weighted by Gasteiger charge is -2.13. The number of hydrogen-bond acceptors (Lipinski definition) is 2. The molecule has 0 saturated carbocycles. The highest BCUT2D eigenvalue weighted by Gasteiger charge is 2.14. The van der Waals surface area contributed by atoms with Gasteiger partial charge in [-0.1, -0.05) is 109 Å². The van der Waals surface area contributed by atoms with Crippen LogP contribution in [-0.4, -0.2) is 11.4 Å². The Bertz CT molecular complexity index is 1280. The SMILES string of the molecule is O=Cc1c(-c2ccc(-c3ccccc3)cc2)cc(O)cc1-c1ccc(-c2ccccc2)cc1. The third-order valence-electron chi connectivity index (χ3n) is 5.89.